The minimum Gasteiger partial charge on any atom is -0.563 e. The van der Waals surface area contributed by atoms with Crippen LogP contribution in [-0.2, 0) is 4.79 Å². The number of nitrogens with one attached hydrogen (secondary N) is 2. The summed E-state index contributed by atoms with van der Waals surface area (Å²) in [5.74, 6) is -0.526. The molecule has 4 N–H and O–H groups in total. The van der Waals surface area contributed by atoms with Crippen LogP contribution >= 0.6 is 0 Å². The highest BCUT2D eigenvalue weighted by molar-refractivity contribution is 5.73. The highest BCUT2D eigenvalue weighted by Crippen LogP contribution is 1.84. The zero-order valence-corrected chi connectivity index (χ0v) is 5.11. The van der Waals surface area contributed by atoms with Gasteiger partial charge in [-0.05, 0) is 0 Å². The van der Waals surface area contributed by atoms with Crippen LogP contribution in [0.25, 0.3) is 0 Å². The molecule has 4 heteroatoms. The molecular formula is C5H11N2O2+. The third-order valence-corrected chi connectivity index (χ3v) is 1.36. The van der Waals surface area contributed by atoms with E-state index in [4.69, 9.17) is 5.11 Å². The van der Waals surface area contributed by atoms with Crippen LogP contribution in [0.5, 0.6) is 0 Å². The quantitative estimate of drug-likeness (QED) is 0.397. The van der Waals surface area contributed by atoms with Gasteiger partial charge in [0.05, 0.1) is 0 Å². The molecule has 1 rings (SSSR count). The van der Waals surface area contributed by atoms with Crippen LogP contribution < -0.4 is 10.6 Å². The Kier molecular flexibility index (Phi) is 2.02. The molecule has 0 aromatic heterocycles. The van der Waals surface area contributed by atoms with E-state index in [0.29, 0.717) is 6.54 Å². The van der Waals surface area contributed by atoms with Gasteiger partial charge in [-0.2, -0.15) is 0 Å². The van der Waals surface area contributed by atoms with Crippen molar-refractivity contribution in [3.8, 4) is 0 Å². The summed E-state index contributed by atoms with van der Waals surface area (Å²) in [6, 6.07) is -0.279. The number of hydrogen-bond donors (Lipinski definition) is 2. The molecular weight excluding hydrogens is 120 g/mol. The van der Waals surface area contributed by atoms with Crippen LogP contribution in [0.15, 0.2) is 0 Å². The molecule has 1 fully saturated rings. The number of piperazine rings is 1. The summed E-state index contributed by atoms with van der Waals surface area (Å²) in [4.78, 5) is 10.4. The minimum atomic E-state index is -0.526. The van der Waals surface area contributed by atoms with Crippen LogP contribution in [0.2, 0.25) is 0 Å². The van der Waals surface area contributed by atoms with E-state index in [-0.39, 0.29) is 6.04 Å². The van der Waals surface area contributed by atoms with Gasteiger partial charge in [0.25, 0.3) is 0 Å². The van der Waals surface area contributed by atoms with E-state index >= 15 is 0 Å². The van der Waals surface area contributed by atoms with Gasteiger partial charge in [-0.1, -0.05) is 0 Å². The maximum absolute atomic E-state index is 10.4. The van der Waals surface area contributed by atoms with Crippen molar-refractivity contribution in [2.45, 2.75) is 6.04 Å². The number of rotatable bonds is 1. The molecule has 0 aromatic rings. The van der Waals surface area contributed by atoms with Crippen molar-refractivity contribution in [2.75, 3.05) is 19.6 Å². The van der Waals surface area contributed by atoms with Crippen LogP contribution in [0, 0.1) is 0 Å². The zero-order chi connectivity index (χ0) is 6.69. The summed E-state index contributed by atoms with van der Waals surface area (Å²) in [7, 11) is 0. The Morgan fingerprint density at radius 3 is 2.67 bits per heavy atom. The van der Waals surface area contributed by atoms with Crippen molar-refractivity contribution < 1.29 is 9.90 Å². The first-order valence-electron chi connectivity index (χ1n) is 3.00. The Morgan fingerprint density at radius 2 is 2.33 bits per heavy atom. The fraction of sp³-hybridized carbons (Fsp3) is 0.800. The molecule has 0 bridgehead atoms. The maximum atomic E-state index is 10.4. The second-order valence-electron chi connectivity index (χ2n) is 2.08. The molecule has 1 unspecified atom stereocenters. The lowest BCUT2D eigenvalue weighted by Gasteiger charge is -2.17. The lowest BCUT2D eigenvalue weighted by atomic mass is 10.2. The molecule has 0 aromatic carbocycles. The third kappa shape index (κ3) is 1.65. The molecule has 1 aliphatic rings. The van der Waals surface area contributed by atoms with Crippen molar-refractivity contribution in [3.63, 3.8) is 0 Å². The Hall–Kier alpha value is -0.610. The smallest absolute Gasteiger partial charge is 0.534 e. The molecule has 0 radical (unpaired) electrons. The van der Waals surface area contributed by atoms with Crippen molar-refractivity contribution in [2.24, 2.45) is 0 Å². The molecule has 0 saturated carbocycles. The standard InChI is InChI=1S/C5H10N2O2/c8-5(9)4-3-6-1-2-7-4/h4,6-7H,1-3H2,(H,8,9)/p+1. The summed E-state index contributed by atoms with van der Waals surface area (Å²) in [5, 5.41) is 12.7. The molecule has 1 atom stereocenters. The van der Waals surface area contributed by atoms with Crippen LogP contribution in [0.1, 0.15) is 0 Å². The second kappa shape index (κ2) is 2.80. The summed E-state index contributed by atoms with van der Waals surface area (Å²) in [6.45, 7) is 2.28. The molecule has 9 heavy (non-hydrogen) atoms. The predicted octanol–water partition coefficient (Wildman–Crippen LogP) is -2.20. The first kappa shape index (κ1) is 6.51. The zero-order valence-electron chi connectivity index (χ0n) is 5.11. The summed E-state index contributed by atoms with van der Waals surface area (Å²) >= 11 is 0. The highest BCUT2D eigenvalue weighted by Gasteiger charge is 2.25. The Labute approximate surface area is 53.2 Å². The summed E-state index contributed by atoms with van der Waals surface area (Å²) < 4.78 is 0. The van der Waals surface area contributed by atoms with Crippen LogP contribution in [-0.4, -0.2) is 36.8 Å². The van der Waals surface area contributed by atoms with E-state index in [2.05, 4.69) is 10.6 Å². The predicted molar refractivity (Wildman–Crippen MR) is 33.3 cm³/mol. The molecule has 1 heterocycles. The van der Waals surface area contributed by atoms with Gasteiger partial charge >= 0.3 is 5.97 Å². The maximum Gasteiger partial charge on any atom is 0.534 e. The highest BCUT2D eigenvalue weighted by atomic mass is 16.4. The topological polar surface area (TPSA) is 64.0 Å². The molecule has 1 saturated heterocycles. The SMILES string of the molecule is O=C([OH2+])C1CNCCN1. The first-order chi connectivity index (χ1) is 4.30. The van der Waals surface area contributed by atoms with E-state index in [0.717, 1.165) is 13.1 Å². The Bertz CT molecular complexity index is 110. The Balaban J connectivity index is 2.31. The minimum absolute atomic E-state index is 0.279. The fourth-order valence-corrected chi connectivity index (χ4v) is 0.839. The lowest BCUT2D eigenvalue weighted by molar-refractivity contribution is -0.139. The van der Waals surface area contributed by atoms with E-state index in [1.807, 2.05) is 0 Å². The van der Waals surface area contributed by atoms with Crippen molar-refractivity contribution in [1.29, 1.82) is 0 Å². The number of hydrogen-bond acceptors (Lipinski definition) is 3. The number of carbonyl (C=O) groups excluding carboxylic acids is 1. The van der Waals surface area contributed by atoms with E-state index in [1.54, 1.807) is 0 Å². The third-order valence-electron chi connectivity index (χ3n) is 1.36. The molecule has 0 amide bonds. The van der Waals surface area contributed by atoms with Crippen LogP contribution in [0.4, 0.5) is 0 Å². The molecule has 4 nitrogen and oxygen atoms in total. The van der Waals surface area contributed by atoms with Gasteiger partial charge in [0, 0.05) is 24.4 Å². The first-order valence-corrected chi connectivity index (χ1v) is 3.00. The summed E-state index contributed by atoms with van der Waals surface area (Å²) in [6.07, 6.45) is 0. The molecule has 52 valence electrons. The van der Waals surface area contributed by atoms with Crippen molar-refractivity contribution in [1.82, 2.24) is 10.6 Å². The van der Waals surface area contributed by atoms with E-state index in [9.17, 15) is 4.79 Å². The van der Waals surface area contributed by atoms with Gasteiger partial charge in [0.15, 0.2) is 6.04 Å². The lowest BCUT2D eigenvalue weighted by Crippen LogP contribution is -2.52. The van der Waals surface area contributed by atoms with E-state index in [1.165, 1.54) is 0 Å². The van der Waals surface area contributed by atoms with Gasteiger partial charge < -0.3 is 10.4 Å². The van der Waals surface area contributed by atoms with Gasteiger partial charge in [-0.25, -0.2) is 0 Å². The van der Waals surface area contributed by atoms with Crippen molar-refractivity contribution >= 4 is 5.97 Å². The largest absolute Gasteiger partial charge is 0.563 e. The fourth-order valence-electron chi connectivity index (χ4n) is 0.839. The van der Waals surface area contributed by atoms with Gasteiger partial charge in [0.1, 0.15) is 0 Å². The molecule has 0 spiro atoms. The van der Waals surface area contributed by atoms with Gasteiger partial charge in [0.2, 0.25) is 0 Å². The average Bonchev–Trinajstić information content (AvgIpc) is 1.90. The average molecular weight is 131 g/mol. The van der Waals surface area contributed by atoms with E-state index < -0.39 is 5.97 Å². The Morgan fingerprint density at radius 1 is 1.56 bits per heavy atom. The van der Waals surface area contributed by atoms with Crippen molar-refractivity contribution in [3.05, 3.63) is 0 Å². The molecule has 0 aliphatic carbocycles. The summed E-state index contributed by atoms with van der Waals surface area (Å²) in [5.41, 5.74) is 0. The monoisotopic (exact) mass is 131 g/mol. The number of carbonyl (C=O) groups is 1. The van der Waals surface area contributed by atoms with Crippen LogP contribution in [0.3, 0.4) is 0 Å². The normalized spacial score (nSPS) is 27.8. The second-order valence-corrected chi connectivity index (χ2v) is 2.08. The van der Waals surface area contributed by atoms with Gasteiger partial charge in [-0.3, -0.25) is 5.32 Å². The molecule has 1 aliphatic heterocycles. The van der Waals surface area contributed by atoms with Gasteiger partial charge in [-0.15, -0.1) is 0 Å².